The molecule has 1 atom stereocenters. The fourth-order valence-electron chi connectivity index (χ4n) is 2.19. The minimum Gasteiger partial charge on any atom is -0.453 e. The van der Waals surface area contributed by atoms with Gasteiger partial charge < -0.3 is 16.2 Å². The predicted molar refractivity (Wildman–Crippen MR) is 91.9 cm³/mol. The van der Waals surface area contributed by atoms with Gasteiger partial charge in [-0.25, -0.2) is 4.79 Å². The average Bonchev–Trinajstić information content (AvgIpc) is 2.55. The van der Waals surface area contributed by atoms with Crippen LogP contribution in [0.25, 0.3) is 11.1 Å². The number of hydrogen-bond acceptors (Lipinski definition) is 5. The Morgan fingerprint density at radius 1 is 1.43 bits per heavy atom. The Labute approximate surface area is 135 Å². The molecule has 23 heavy (non-hydrogen) atoms. The first kappa shape index (κ1) is 16.5. The number of nitrogens with two attached hydrogens (primary N) is 2. The molecule has 0 saturated carbocycles. The van der Waals surface area contributed by atoms with Gasteiger partial charge in [0, 0.05) is 23.1 Å². The van der Waals surface area contributed by atoms with Gasteiger partial charge in [0.05, 0.1) is 18.8 Å². The van der Waals surface area contributed by atoms with Crippen LogP contribution in [0, 0.1) is 0 Å². The van der Waals surface area contributed by atoms with Crippen LogP contribution in [0.3, 0.4) is 0 Å². The molecule has 0 fully saturated rings. The highest BCUT2D eigenvalue weighted by Crippen LogP contribution is 2.29. The molecular formula is C17H20N4O2. The maximum Gasteiger partial charge on any atom is 0.411 e. The van der Waals surface area contributed by atoms with Gasteiger partial charge in [-0.1, -0.05) is 12.1 Å². The van der Waals surface area contributed by atoms with Gasteiger partial charge in [-0.2, -0.15) is 0 Å². The van der Waals surface area contributed by atoms with Crippen molar-refractivity contribution in [3.8, 4) is 11.1 Å². The van der Waals surface area contributed by atoms with E-state index in [9.17, 15) is 4.79 Å². The molecule has 0 radical (unpaired) electrons. The summed E-state index contributed by atoms with van der Waals surface area (Å²) in [4.78, 5) is 15.5. The smallest absolute Gasteiger partial charge is 0.411 e. The second-order valence-corrected chi connectivity index (χ2v) is 5.02. The number of anilines is 2. The third kappa shape index (κ3) is 4.08. The number of rotatable bonds is 5. The number of benzene rings is 1. The van der Waals surface area contributed by atoms with Crippen molar-refractivity contribution in [1.29, 1.82) is 0 Å². The number of methoxy groups -OCH3 is 1. The molecule has 0 unspecified atom stereocenters. The Bertz CT molecular complexity index is 715. The van der Waals surface area contributed by atoms with E-state index in [1.807, 2.05) is 18.2 Å². The lowest BCUT2D eigenvalue weighted by Crippen LogP contribution is -2.11. The van der Waals surface area contributed by atoms with Crippen molar-refractivity contribution in [3.63, 3.8) is 0 Å². The number of hydrogen-bond donors (Lipinski definition) is 3. The van der Waals surface area contributed by atoms with Crippen LogP contribution >= 0.6 is 0 Å². The van der Waals surface area contributed by atoms with Gasteiger partial charge in [0.1, 0.15) is 0 Å². The van der Waals surface area contributed by atoms with E-state index in [1.54, 1.807) is 24.4 Å². The molecule has 6 heteroatoms. The Morgan fingerprint density at radius 3 is 2.87 bits per heavy atom. The molecule has 1 aromatic heterocycles. The molecule has 0 aliphatic rings. The van der Waals surface area contributed by atoms with Crippen molar-refractivity contribution in [1.82, 2.24) is 4.98 Å². The number of ether oxygens (including phenoxy) is 1. The summed E-state index contributed by atoms with van der Waals surface area (Å²) in [5.74, 6) is 0. The SMILES string of the molecule is C=CC[C@H](N)c1cc(-c2ccc(NC(=O)OC)cc2N)ccn1. The zero-order chi connectivity index (χ0) is 16.8. The fourth-order valence-corrected chi connectivity index (χ4v) is 2.19. The lowest BCUT2D eigenvalue weighted by Gasteiger charge is -2.12. The maximum absolute atomic E-state index is 11.2. The largest absolute Gasteiger partial charge is 0.453 e. The minimum absolute atomic E-state index is 0.200. The van der Waals surface area contributed by atoms with Gasteiger partial charge in [-0.3, -0.25) is 10.3 Å². The van der Waals surface area contributed by atoms with Gasteiger partial charge >= 0.3 is 6.09 Å². The first-order chi connectivity index (χ1) is 11.0. The number of nitrogens with one attached hydrogen (secondary N) is 1. The molecule has 0 aliphatic carbocycles. The fraction of sp³-hybridized carbons (Fsp3) is 0.176. The second-order valence-electron chi connectivity index (χ2n) is 5.02. The molecule has 0 spiro atoms. The molecule has 0 bridgehead atoms. The summed E-state index contributed by atoms with van der Waals surface area (Å²) in [7, 11) is 1.30. The predicted octanol–water partition coefficient (Wildman–Crippen LogP) is 3.09. The van der Waals surface area contributed by atoms with E-state index in [4.69, 9.17) is 11.5 Å². The molecule has 1 heterocycles. The quantitative estimate of drug-likeness (QED) is 0.581. The molecule has 5 N–H and O–H groups in total. The zero-order valence-electron chi connectivity index (χ0n) is 13.0. The van der Waals surface area contributed by atoms with Crippen LogP contribution in [0.1, 0.15) is 18.2 Å². The molecule has 2 aromatic rings. The number of aromatic nitrogens is 1. The first-order valence-corrected chi connectivity index (χ1v) is 7.12. The van der Waals surface area contributed by atoms with E-state index in [1.165, 1.54) is 7.11 Å². The van der Waals surface area contributed by atoms with Crippen LogP contribution in [-0.4, -0.2) is 18.2 Å². The number of pyridine rings is 1. The summed E-state index contributed by atoms with van der Waals surface area (Å²) in [5.41, 5.74) is 15.8. The average molecular weight is 312 g/mol. The molecule has 0 saturated heterocycles. The van der Waals surface area contributed by atoms with Crippen LogP contribution in [-0.2, 0) is 4.74 Å². The van der Waals surface area contributed by atoms with Crippen LogP contribution in [0.5, 0.6) is 0 Å². The standard InChI is InChI=1S/C17H20N4O2/c1-3-4-14(18)16-9-11(7-8-20-16)13-6-5-12(10-15(13)19)21-17(22)23-2/h3,5-10,14H,1,4,18-19H2,2H3,(H,21,22)/t14-/m0/s1. The van der Waals surface area contributed by atoms with Crippen molar-refractivity contribution >= 4 is 17.5 Å². The molecular weight excluding hydrogens is 292 g/mol. The zero-order valence-corrected chi connectivity index (χ0v) is 13.0. The first-order valence-electron chi connectivity index (χ1n) is 7.12. The Hall–Kier alpha value is -2.86. The lowest BCUT2D eigenvalue weighted by molar-refractivity contribution is 0.187. The third-order valence-electron chi connectivity index (χ3n) is 3.38. The minimum atomic E-state index is -0.543. The topological polar surface area (TPSA) is 103 Å². The number of amides is 1. The molecule has 1 aromatic carbocycles. The van der Waals surface area contributed by atoms with Gasteiger partial charge in [0.25, 0.3) is 0 Å². The van der Waals surface area contributed by atoms with E-state index in [0.717, 1.165) is 16.8 Å². The summed E-state index contributed by atoms with van der Waals surface area (Å²) < 4.78 is 4.55. The lowest BCUT2D eigenvalue weighted by atomic mass is 10.0. The Morgan fingerprint density at radius 2 is 2.22 bits per heavy atom. The highest BCUT2D eigenvalue weighted by atomic mass is 16.5. The van der Waals surface area contributed by atoms with E-state index in [0.29, 0.717) is 17.8 Å². The maximum atomic E-state index is 11.2. The van der Waals surface area contributed by atoms with Gasteiger partial charge in [0.15, 0.2) is 0 Å². The van der Waals surface area contributed by atoms with Gasteiger partial charge in [-0.15, -0.1) is 6.58 Å². The molecule has 2 rings (SSSR count). The number of nitrogens with zero attached hydrogens (tertiary/aromatic N) is 1. The van der Waals surface area contributed by atoms with Crippen LogP contribution in [0.15, 0.2) is 49.2 Å². The summed E-state index contributed by atoms with van der Waals surface area (Å²) in [6, 6.07) is 8.84. The van der Waals surface area contributed by atoms with Crippen molar-refractivity contribution in [3.05, 3.63) is 54.9 Å². The molecule has 120 valence electrons. The Kier molecular flexibility index (Phi) is 5.32. The van der Waals surface area contributed by atoms with E-state index in [2.05, 4.69) is 21.6 Å². The number of carbonyl (C=O) groups excluding carboxylic acids is 1. The van der Waals surface area contributed by atoms with Crippen molar-refractivity contribution < 1.29 is 9.53 Å². The Balaban J connectivity index is 2.30. The highest BCUT2D eigenvalue weighted by molar-refractivity contribution is 5.87. The number of carbonyl (C=O) groups is 1. The third-order valence-corrected chi connectivity index (χ3v) is 3.38. The van der Waals surface area contributed by atoms with Gasteiger partial charge in [0.2, 0.25) is 0 Å². The molecule has 1 amide bonds. The van der Waals surface area contributed by atoms with Crippen LogP contribution in [0.2, 0.25) is 0 Å². The van der Waals surface area contributed by atoms with Crippen molar-refractivity contribution in [2.75, 3.05) is 18.2 Å². The van der Waals surface area contributed by atoms with E-state index < -0.39 is 6.09 Å². The summed E-state index contributed by atoms with van der Waals surface area (Å²) in [6.45, 7) is 3.69. The molecule has 0 aliphatic heterocycles. The highest BCUT2D eigenvalue weighted by Gasteiger charge is 2.10. The summed E-state index contributed by atoms with van der Waals surface area (Å²) >= 11 is 0. The van der Waals surface area contributed by atoms with Crippen LogP contribution < -0.4 is 16.8 Å². The number of nitrogen functional groups attached to an aromatic ring is 1. The molecule has 6 nitrogen and oxygen atoms in total. The normalized spacial score (nSPS) is 11.6. The summed E-state index contributed by atoms with van der Waals surface area (Å²) in [6.07, 6.45) is 3.57. The monoisotopic (exact) mass is 312 g/mol. The van der Waals surface area contributed by atoms with E-state index in [-0.39, 0.29) is 6.04 Å². The summed E-state index contributed by atoms with van der Waals surface area (Å²) in [5, 5.41) is 2.57. The van der Waals surface area contributed by atoms with Gasteiger partial charge in [-0.05, 0) is 36.2 Å². The second kappa shape index (κ2) is 7.42. The van der Waals surface area contributed by atoms with Crippen molar-refractivity contribution in [2.45, 2.75) is 12.5 Å². The van der Waals surface area contributed by atoms with Crippen molar-refractivity contribution in [2.24, 2.45) is 5.73 Å². The van der Waals surface area contributed by atoms with Crippen LogP contribution in [0.4, 0.5) is 16.2 Å². The van der Waals surface area contributed by atoms with E-state index >= 15 is 0 Å².